The lowest BCUT2D eigenvalue weighted by molar-refractivity contribution is -0.385. The van der Waals surface area contributed by atoms with E-state index in [0.717, 1.165) is 5.56 Å². The van der Waals surface area contributed by atoms with Crippen LogP contribution in [0.4, 0.5) is 17.5 Å². The number of anilines is 2. The second-order valence-electron chi connectivity index (χ2n) is 3.92. The summed E-state index contributed by atoms with van der Waals surface area (Å²) in [6, 6.07) is 5.96. The molecule has 9 nitrogen and oxygen atoms in total. The van der Waals surface area contributed by atoms with Crippen molar-refractivity contribution in [2.45, 2.75) is 6.92 Å². The fourth-order valence-corrected chi connectivity index (χ4v) is 1.54. The van der Waals surface area contributed by atoms with Gasteiger partial charge in [0.1, 0.15) is 5.82 Å². The largest absolute Gasteiger partial charge is 0.432 e. The summed E-state index contributed by atoms with van der Waals surface area (Å²) in [5, 5.41) is 11.0. The van der Waals surface area contributed by atoms with E-state index in [9.17, 15) is 10.1 Å². The summed E-state index contributed by atoms with van der Waals surface area (Å²) in [7, 11) is 0. The maximum atomic E-state index is 11.0. The Hall–Kier alpha value is -2.94. The lowest BCUT2D eigenvalue weighted by atomic mass is 10.2. The third-order valence-electron chi connectivity index (χ3n) is 2.39. The highest BCUT2D eigenvalue weighted by Crippen LogP contribution is 2.31. The number of nitrogens with two attached hydrogens (primary N) is 2. The van der Waals surface area contributed by atoms with Crippen LogP contribution in [0.15, 0.2) is 24.3 Å². The fourth-order valence-electron chi connectivity index (χ4n) is 1.54. The van der Waals surface area contributed by atoms with Crippen LogP contribution in [0.3, 0.4) is 0 Å². The topological polar surface area (TPSA) is 142 Å². The van der Waals surface area contributed by atoms with Crippen LogP contribution in [0.5, 0.6) is 11.6 Å². The fraction of sp³-hybridized carbons (Fsp3) is 0.0909. The third kappa shape index (κ3) is 2.90. The molecule has 5 N–H and O–H groups in total. The van der Waals surface area contributed by atoms with Gasteiger partial charge in [-0.2, -0.15) is 9.97 Å². The number of nitrogens with zero attached hydrogens (tertiary/aromatic N) is 3. The average Bonchev–Trinajstić information content (AvgIpc) is 2.40. The number of hydrazine groups is 1. The van der Waals surface area contributed by atoms with Gasteiger partial charge in [0.2, 0.25) is 17.6 Å². The maximum Gasteiger partial charge on any atom is 0.311 e. The van der Waals surface area contributed by atoms with Gasteiger partial charge in [0, 0.05) is 12.1 Å². The van der Waals surface area contributed by atoms with E-state index in [1.807, 2.05) is 0 Å². The van der Waals surface area contributed by atoms with Crippen molar-refractivity contribution in [3.8, 4) is 11.6 Å². The van der Waals surface area contributed by atoms with Crippen molar-refractivity contribution in [1.82, 2.24) is 9.97 Å². The zero-order chi connectivity index (χ0) is 14.7. The molecule has 104 valence electrons. The van der Waals surface area contributed by atoms with Gasteiger partial charge in [0.15, 0.2) is 0 Å². The smallest absolute Gasteiger partial charge is 0.311 e. The van der Waals surface area contributed by atoms with Crippen LogP contribution in [0.25, 0.3) is 0 Å². The number of rotatable bonds is 4. The lowest BCUT2D eigenvalue weighted by Gasteiger charge is -2.08. The molecule has 2 rings (SSSR count). The zero-order valence-electron chi connectivity index (χ0n) is 10.5. The number of nitrogen functional groups attached to an aromatic ring is 2. The van der Waals surface area contributed by atoms with Gasteiger partial charge in [-0.25, -0.2) is 5.84 Å². The normalized spacial score (nSPS) is 10.1. The number of hydrogen-bond acceptors (Lipinski definition) is 8. The summed E-state index contributed by atoms with van der Waals surface area (Å²) in [5.74, 6) is 5.50. The Morgan fingerprint density at radius 3 is 2.75 bits per heavy atom. The van der Waals surface area contributed by atoms with Gasteiger partial charge in [0.25, 0.3) is 0 Å². The van der Waals surface area contributed by atoms with E-state index in [0.29, 0.717) is 0 Å². The Morgan fingerprint density at radius 2 is 2.10 bits per heavy atom. The van der Waals surface area contributed by atoms with Gasteiger partial charge in [-0.3, -0.25) is 10.1 Å². The Bertz CT molecular complexity index is 661. The molecule has 20 heavy (non-hydrogen) atoms. The molecule has 0 aliphatic carbocycles. The molecule has 0 radical (unpaired) electrons. The second kappa shape index (κ2) is 5.36. The molecule has 0 amide bonds. The molecule has 0 atom stereocenters. The minimum absolute atomic E-state index is 0.0532. The van der Waals surface area contributed by atoms with Gasteiger partial charge in [-0.15, -0.1) is 0 Å². The molecule has 2 aromatic rings. The second-order valence-corrected chi connectivity index (χ2v) is 3.92. The SMILES string of the molecule is Cc1ccc(Oc2cc(NN)nc(N)n2)c([N+](=O)[O-])c1. The summed E-state index contributed by atoms with van der Waals surface area (Å²) in [6.07, 6.45) is 0. The molecule has 0 saturated carbocycles. The number of aryl methyl sites for hydroxylation is 1. The molecule has 1 heterocycles. The number of nitro benzene ring substituents is 1. The Kier molecular flexibility index (Phi) is 3.62. The Labute approximate surface area is 113 Å². The van der Waals surface area contributed by atoms with Crippen LogP contribution < -0.4 is 21.7 Å². The molecule has 1 aromatic heterocycles. The summed E-state index contributed by atoms with van der Waals surface area (Å²) >= 11 is 0. The molecule has 0 unspecified atom stereocenters. The van der Waals surface area contributed by atoms with E-state index in [-0.39, 0.29) is 29.1 Å². The lowest BCUT2D eigenvalue weighted by Crippen LogP contribution is -2.10. The van der Waals surface area contributed by atoms with Crippen molar-refractivity contribution in [2.75, 3.05) is 11.2 Å². The molecule has 9 heteroatoms. The van der Waals surface area contributed by atoms with E-state index in [1.54, 1.807) is 13.0 Å². The van der Waals surface area contributed by atoms with E-state index in [1.165, 1.54) is 18.2 Å². The Balaban J connectivity index is 2.39. The molecule has 1 aromatic carbocycles. The van der Waals surface area contributed by atoms with Crippen LogP contribution in [-0.4, -0.2) is 14.9 Å². The first-order chi connectivity index (χ1) is 9.49. The number of hydrogen-bond donors (Lipinski definition) is 3. The van der Waals surface area contributed by atoms with Gasteiger partial charge in [-0.1, -0.05) is 6.07 Å². The predicted molar refractivity (Wildman–Crippen MR) is 72.2 cm³/mol. The predicted octanol–water partition coefficient (Wildman–Crippen LogP) is 1.35. The highest BCUT2D eigenvalue weighted by Gasteiger charge is 2.17. The summed E-state index contributed by atoms with van der Waals surface area (Å²) in [5.41, 5.74) is 8.36. The number of ether oxygens (including phenoxy) is 1. The van der Waals surface area contributed by atoms with Gasteiger partial charge in [-0.05, 0) is 18.6 Å². The zero-order valence-corrected chi connectivity index (χ0v) is 10.5. The van der Waals surface area contributed by atoms with Crippen molar-refractivity contribution >= 4 is 17.5 Å². The van der Waals surface area contributed by atoms with Crippen molar-refractivity contribution in [3.63, 3.8) is 0 Å². The number of nitro groups is 1. The first-order valence-corrected chi connectivity index (χ1v) is 5.53. The summed E-state index contributed by atoms with van der Waals surface area (Å²) in [6.45, 7) is 1.75. The molecule has 0 aliphatic heterocycles. The van der Waals surface area contributed by atoms with E-state index >= 15 is 0 Å². The molecular formula is C11H12N6O3. The molecule has 0 saturated heterocycles. The molecule has 0 spiro atoms. The van der Waals surface area contributed by atoms with Crippen molar-refractivity contribution in [1.29, 1.82) is 0 Å². The molecule has 0 fully saturated rings. The van der Waals surface area contributed by atoms with Crippen LogP contribution >= 0.6 is 0 Å². The quantitative estimate of drug-likeness (QED) is 0.431. The van der Waals surface area contributed by atoms with Crippen LogP contribution in [0.2, 0.25) is 0 Å². The highest BCUT2D eigenvalue weighted by molar-refractivity contribution is 5.51. The summed E-state index contributed by atoms with van der Waals surface area (Å²) in [4.78, 5) is 18.1. The maximum absolute atomic E-state index is 11.0. The van der Waals surface area contributed by atoms with Crippen LogP contribution in [0, 0.1) is 17.0 Å². The first kappa shape index (κ1) is 13.5. The third-order valence-corrected chi connectivity index (χ3v) is 2.39. The monoisotopic (exact) mass is 276 g/mol. The molecule has 0 bridgehead atoms. The van der Waals surface area contributed by atoms with E-state index in [4.69, 9.17) is 16.3 Å². The van der Waals surface area contributed by atoms with Crippen LogP contribution in [0.1, 0.15) is 5.56 Å². The molecule has 0 aliphatic rings. The van der Waals surface area contributed by atoms with E-state index in [2.05, 4.69) is 15.4 Å². The van der Waals surface area contributed by atoms with Gasteiger partial charge in [0.05, 0.1) is 4.92 Å². The first-order valence-electron chi connectivity index (χ1n) is 5.53. The van der Waals surface area contributed by atoms with Crippen LogP contribution in [-0.2, 0) is 0 Å². The molecular weight excluding hydrogens is 264 g/mol. The van der Waals surface area contributed by atoms with E-state index < -0.39 is 4.92 Å². The standard InChI is InChI=1S/C11H12N6O3/c1-6-2-3-8(7(4-6)17(18)19)20-10-5-9(16-13)14-11(12)15-10/h2-5H,13H2,1H3,(H3,12,14,15,16). The van der Waals surface area contributed by atoms with Crippen molar-refractivity contribution < 1.29 is 9.66 Å². The van der Waals surface area contributed by atoms with Crippen molar-refractivity contribution in [3.05, 3.63) is 39.9 Å². The Morgan fingerprint density at radius 1 is 1.35 bits per heavy atom. The van der Waals surface area contributed by atoms with Gasteiger partial charge >= 0.3 is 5.69 Å². The minimum Gasteiger partial charge on any atom is -0.432 e. The average molecular weight is 276 g/mol. The summed E-state index contributed by atoms with van der Waals surface area (Å²) < 4.78 is 5.38. The highest BCUT2D eigenvalue weighted by atomic mass is 16.6. The van der Waals surface area contributed by atoms with Gasteiger partial charge < -0.3 is 15.9 Å². The number of aromatic nitrogens is 2. The minimum atomic E-state index is -0.533. The number of benzene rings is 1. The van der Waals surface area contributed by atoms with Crippen molar-refractivity contribution in [2.24, 2.45) is 5.84 Å². The number of nitrogens with one attached hydrogen (secondary N) is 1.